The molecule has 0 bridgehead atoms. The topological polar surface area (TPSA) is 52.6 Å². The molecule has 8 heteroatoms. The molecule has 118 valence electrons. The zero-order valence-corrected chi connectivity index (χ0v) is 12.1. The Bertz CT molecular complexity index is 576. The minimum Gasteiger partial charge on any atom is -0.491 e. The van der Waals surface area contributed by atoms with E-state index in [2.05, 4.69) is 0 Å². The van der Waals surface area contributed by atoms with Crippen molar-refractivity contribution in [1.29, 1.82) is 0 Å². The zero-order valence-electron chi connectivity index (χ0n) is 11.3. The number of hydrogen-bond acceptors (Lipinski definition) is 4. The van der Waals surface area contributed by atoms with Crippen LogP contribution in [0.15, 0.2) is 24.3 Å². The van der Waals surface area contributed by atoms with Crippen LogP contribution >= 0.6 is 0 Å². The molecule has 2 rings (SSSR count). The van der Waals surface area contributed by atoms with Crippen molar-refractivity contribution in [3.8, 4) is 5.75 Å². The first kappa shape index (κ1) is 16.1. The predicted molar refractivity (Wildman–Crippen MR) is 69.4 cm³/mol. The van der Waals surface area contributed by atoms with Crippen LogP contribution < -0.4 is 4.74 Å². The van der Waals surface area contributed by atoms with Crippen LogP contribution in [-0.2, 0) is 20.5 Å². The summed E-state index contributed by atoms with van der Waals surface area (Å²) in [5.41, 5.74) is -0.763. The maximum absolute atomic E-state index is 12.4. The molecular weight excluding hydrogens is 309 g/mol. The highest BCUT2D eigenvalue weighted by Gasteiger charge is 2.35. The monoisotopic (exact) mass is 324 g/mol. The number of alkyl halides is 3. The van der Waals surface area contributed by atoms with Crippen LogP contribution in [0.4, 0.5) is 13.2 Å². The van der Waals surface area contributed by atoms with Gasteiger partial charge >= 0.3 is 6.18 Å². The lowest BCUT2D eigenvalue weighted by atomic mass is 10.2. The number of rotatable bonds is 6. The number of ether oxygens (including phenoxy) is 1. The average molecular weight is 324 g/mol. The van der Waals surface area contributed by atoms with Gasteiger partial charge < -0.3 is 4.74 Å². The summed E-state index contributed by atoms with van der Waals surface area (Å²) in [5.74, 6) is 0.361. The van der Waals surface area contributed by atoms with E-state index in [9.17, 15) is 21.6 Å². The summed E-state index contributed by atoms with van der Waals surface area (Å²) in [4.78, 5) is 0. The SMILES string of the molecule is CS(=O)(=O)OC(COc1ccc(C(F)(F)F)cc1)C1CC1. The molecule has 0 amide bonds. The van der Waals surface area contributed by atoms with Gasteiger partial charge in [-0.2, -0.15) is 21.6 Å². The standard InChI is InChI=1S/C13H15F3O4S/c1-21(17,18)20-12(9-2-3-9)8-19-11-6-4-10(5-7-11)13(14,15)16/h4-7,9,12H,2-3,8H2,1H3. The molecule has 0 aromatic heterocycles. The highest BCUT2D eigenvalue weighted by Crippen LogP contribution is 2.35. The molecule has 1 saturated carbocycles. The molecule has 0 radical (unpaired) electrons. The van der Waals surface area contributed by atoms with Crippen LogP contribution in [0, 0.1) is 5.92 Å². The molecule has 1 fully saturated rings. The van der Waals surface area contributed by atoms with Gasteiger partial charge in [0.05, 0.1) is 11.8 Å². The summed E-state index contributed by atoms with van der Waals surface area (Å²) in [5, 5.41) is 0. The van der Waals surface area contributed by atoms with Crippen LogP contribution in [0.1, 0.15) is 18.4 Å². The second-order valence-electron chi connectivity index (χ2n) is 5.01. The predicted octanol–water partition coefficient (Wildman–Crippen LogP) is 2.84. The van der Waals surface area contributed by atoms with E-state index in [4.69, 9.17) is 8.92 Å². The Morgan fingerprint density at radius 1 is 1.24 bits per heavy atom. The molecular formula is C13H15F3O4S. The van der Waals surface area contributed by atoms with Gasteiger partial charge in [-0.1, -0.05) is 0 Å². The Hall–Kier alpha value is -1.28. The molecule has 1 atom stereocenters. The second kappa shape index (κ2) is 5.84. The summed E-state index contributed by atoms with van der Waals surface area (Å²) in [6.45, 7) is -0.0108. The van der Waals surface area contributed by atoms with E-state index in [0.29, 0.717) is 0 Å². The van der Waals surface area contributed by atoms with Crippen molar-refractivity contribution < 1.29 is 30.5 Å². The summed E-state index contributed by atoms with van der Waals surface area (Å²) in [6, 6.07) is 4.23. The zero-order chi connectivity index (χ0) is 15.7. The molecule has 1 unspecified atom stereocenters. The maximum Gasteiger partial charge on any atom is 0.416 e. The fraction of sp³-hybridized carbons (Fsp3) is 0.538. The van der Waals surface area contributed by atoms with E-state index in [0.717, 1.165) is 31.2 Å². The quantitative estimate of drug-likeness (QED) is 0.755. The van der Waals surface area contributed by atoms with Crippen LogP contribution in [0.2, 0.25) is 0 Å². The highest BCUT2D eigenvalue weighted by molar-refractivity contribution is 7.86. The number of benzene rings is 1. The molecule has 0 N–H and O–H groups in total. The minimum absolute atomic E-state index is 0.0108. The van der Waals surface area contributed by atoms with Gasteiger partial charge in [0.1, 0.15) is 18.5 Å². The Labute approximate surface area is 121 Å². The van der Waals surface area contributed by atoms with Crippen molar-refractivity contribution in [2.24, 2.45) is 5.92 Å². The van der Waals surface area contributed by atoms with Crippen molar-refractivity contribution in [2.45, 2.75) is 25.1 Å². The Kier molecular flexibility index (Phi) is 4.48. The van der Waals surface area contributed by atoms with E-state index in [1.54, 1.807) is 0 Å². The number of hydrogen-bond donors (Lipinski definition) is 0. The third-order valence-electron chi connectivity index (χ3n) is 3.04. The van der Waals surface area contributed by atoms with Crippen LogP contribution in [0.3, 0.4) is 0 Å². The van der Waals surface area contributed by atoms with E-state index in [1.165, 1.54) is 12.1 Å². The van der Waals surface area contributed by atoms with Crippen LogP contribution in [0.25, 0.3) is 0 Å². The molecule has 1 aliphatic carbocycles. The molecule has 0 saturated heterocycles. The van der Waals surface area contributed by atoms with E-state index < -0.39 is 28.0 Å². The van der Waals surface area contributed by atoms with E-state index in [-0.39, 0.29) is 18.3 Å². The van der Waals surface area contributed by atoms with Crippen molar-refractivity contribution in [1.82, 2.24) is 0 Å². The molecule has 1 aromatic rings. The smallest absolute Gasteiger partial charge is 0.416 e. The molecule has 0 spiro atoms. The summed E-state index contributed by atoms with van der Waals surface area (Å²) in [7, 11) is -3.59. The van der Waals surface area contributed by atoms with Gasteiger partial charge in [-0.15, -0.1) is 0 Å². The first-order valence-electron chi connectivity index (χ1n) is 6.33. The fourth-order valence-electron chi connectivity index (χ4n) is 1.85. The normalized spacial score (nSPS) is 17.5. The van der Waals surface area contributed by atoms with Gasteiger partial charge in [0.2, 0.25) is 0 Å². The van der Waals surface area contributed by atoms with E-state index >= 15 is 0 Å². The summed E-state index contributed by atoms with van der Waals surface area (Å²) < 4.78 is 69.7. The van der Waals surface area contributed by atoms with E-state index in [1.807, 2.05) is 0 Å². The summed E-state index contributed by atoms with van der Waals surface area (Å²) >= 11 is 0. The lowest BCUT2D eigenvalue weighted by Crippen LogP contribution is -2.26. The summed E-state index contributed by atoms with van der Waals surface area (Å²) in [6.07, 6.45) is -2.32. The highest BCUT2D eigenvalue weighted by atomic mass is 32.2. The number of halogens is 3. The first-order valence-corrected chi connectivity index (χ1v) is 8.15. The fourth-order valence-corrected chi connectivity index (χ4v) is 2.52. The van der Waals surface area contributed by atoms with Gasteiger partial charge in [-0.05, 0) is 43.0 Å². The second-order valence-corrected chi connectivity index (χ2v) is 6.61. The van der Waals surface area contributed by atoms with Crippen LogP contribution in [0.5, 0.6) is 5.75 Å². The van der Waals surface area contributed by atoms with Crippen LogP contribution in [-0.4, -0.2) is 27.4 Å². The van der Waals surface area contributed by atoms with Gasteiger partial charge in [0.25, 0.3) is 10.1 Å². The largest absolute Gasteiger partial charge is 0.491 e. The molecule has 4 nitrogen and oxygen atoms in total. The molecule has 0 heterocycles. The molecule has 21 heavy (non-hydrogen) atoms. The lowest BCUT2D eigenvalue weighted by molar-refractivity contribution is -0.137. The Balaban J connectivity index is 1.95. The van der Waals surface area contributed by atoms with Gasteiger partial charge in [-0.3, -0.25) is 4.18 Å². The van der Waals surface area contributed by atoms with Gasteiger partial charge in [0, 0.05) is 0 Å². The van der Waals surface area contributed by atoms with Crippen molar-refractivity contribution in [3.05, 3.63) is 29.8 Å². The van der Waals surface area contributed by atoms with Gasteiger partial charge in [0.15, 0.2) is 0 Å². The third-order valence-corrected chi connectivity index (χ3v) is 3.64. The maximum atomic E-state index is 12.4. The Morgan fingerprint density at radius 3 is 2.24 bits per heavy atom. The van der Waals surface area contributed by atoms with Gasteiger partial charge in [-0.25, -0.2) is 0 Å². The Morgan fingerprint density at radius 2 is 1.81 bits per heavy atom. The first-order chi connectivity index (χ1) is 9.65. The lowest BCUT2D eigenvalue weighted by Gasteiger charge is -2.16. The average Bonchev–Trinajstić information content (AvgIpc) is 3.16. The van der Waals surface area contributed by atoms with Crippen molar-refractivity contribution in [3.63, 3.8) is 0 Å². The van der Waals surface area contributed by atoms with Crippen molar-refractivity contribution >= 4 is 10.1 Å². The third kappa shape index (κ3) is 5.20. The molecule has 0 aliphatic heterocycles. The molecule has 1 aromatic carbocycles. The van der Waals surface area contributed by atoms with Crippen molar-refractivity contribution in [2.75, 3.05) is 12.9 Å². The minimum atomic E-state index is -4.39. The molecule has 1 aliphatic rings.